The summed E-state index contributed by atoms with van der Waals surface area (Å²) >= 11 is 0. The Labute approximate surface area is 236 Å². The van der Waals surface area contributed by atoms with Crippen LogP contribution in [-0.2, 0) is 9.59 Å². The lowest BCUT2D eigenvalue weighted by Gasteiger charge is -2.66. The number of carbonyl (C=O) groups is 2. The van der Waals surface area contributed by atoms with Gasteiger partial charge in [-0.05, 0) is 85.5 Å². The fraction of sp³-hybridized carbons (Fsp3) is 0.765. The Hall–Kier alpha value is -2.22. The molecular weight excluding hydrogens is 482 g/mol. The number of nitrogens with zero attached hydrogens (tertiary/aromatic N) is 2. The molecule has 0 amide bonds. The normalized spacial score (nSPS) is 40.1. The summed E-state index contributed by atoms with van der Waals surface area (Å²) in [6.07, 6.45) is 11.9. The standard InChI is InChI=1S/C34H51N3O2/c1-10-29(3,4)13-15-34(21-37-22(2)36)16-14-32(8)24(19-34)25(38)17-27-31(7)18-23(20-35)28(39)30(5,6)26(31)11-12-33(27,32)9/h17-18,24,26H,10-16,19,21H2,1-9H3,(H2,36,37)/t24-,26-,31-,32+,33+,34-/m0/s1. The van der Waals surface area contributed by atoms with E-state index in [1.54, 1.807) is 0 Å². The summed E-state index contributed by atoms with van der Waals surface area (Å²) in [6.45, 7) is 20.4. The van der Waals surface area contributed by atoms with E-state index in [1.807, 2.05) is 32.9 Å². The Morgan fingerprint density at radius 2 is 1.82 bits per heavy atom. The first kappa shape index (κ1) is 29.8. The maximum atomic E-state index is 14.2. The molecule has 0 bridgehead atoms. The van der Waals surface area contributed by atoms with Gasteiger partial charge in [-0.3, -0.25) is 14.6 Å². The lowest BCUT2D eigenvalue weighted by molar-refractivity contribution is -0.146. The molecule has 0 heterocycles. The van der Waals surface area contributed by atoms with Crippen LogP contribution >= 0.6 is 0 Å². The van der Waals surface area contributed by atoms with Crippen LogP contribution in [0.2, 0.25) is 0 Å². The Balaban J connectivity index is 1.79. The third-order valence-corrected chi connectivity index (χ3v) is 12.5. The van der Waals surface area contributed by atoms with Crippen molar-refractivity contribution in [2.24, 2.45) is 55.1 Å². The maximum absolute atomic E-state index is 14.2. The van der Waals surface area contributed by atoms with E-state index in [1.165, 1.54) is 0 Å². The molecule has 0 aromatic carbocycles. The minimum absolute atomic E-state index is 0.0250. The minimum Gasteiger partial charge on any atom is -0.388 e. The molecule has 2 fully saturated rings. The van der Waals surface area contributed by atoms with E-state index in [2.05, 4.69) is 47.6 Å². The lowest BCUT2D eigenvalue weighted by Crippen LogP contribution is -2.62. The molecular formula is C34H51N3O2. The second-order valence-corrected chi connectivity index (χ2v) is 15.5. The van der Waals surface area contributed by atoms with E-state index in [9.17, 15) is 14.9 Å². The Bertz CT molecular complexity index is 1200. The van der Waals surface area contributed by atoms with Crippen molar-refractivity contribution in [3.8, 4) is 6.07 Å². The predicted octanol–water partition coefficient (Wildman–Crippen LogP) is 7.36. The highest BCUT2D eigenvalue weighted by Crippen LogP contribution is 2.72. The second kappa shape index (κ2) is 9.42. The van der Waals surface area contributed by atoms with Gasteiger partial charge in [-0.1, -0.05) is 73.5 Å². The van der Waals surface area contributed by atoms with Gasteiger partial charge in [0.1, 0.15) is 6.07 Å². The van der Waals surface area contributed by atoms with Gasteiger partial charge in [0, 0.05) is 23.3 Å². The number of aliphatic imine (C=N–C) groups is 1. The van der Waals surface area contributed by atoms with E-state index in [0.717, 1.165) is 56.9 Å². The van der Waals surface area contributed by atoms with Crippen LogP contribution in [0.5, 0.6) is 0 Å². The molecule has 0 aromatic rings. The zero-order chi connectivity index (χ0) is 29.2. The minimum atomic E-state index is -0.635. The molecule has 4 aliphatic carbocycles. The molecule has 0 aromatic heterocycles. The van der Waals surface area contributed by atoms with Gasteiger partial charge in [-0.25, -0.2) is 0 Å². The molecule has 2 saturated carbocycles. The van der Waals surface area contributed by atoms with Crippen LogP contribution in [0.25, 0.3) is 0 Å². The topological polar surface area (TPSA) is 96.3 Å². The molecule has 5 nitrogen and oxygen atoms in total. The molecule has 39 heavy (non-hydrogen) atoms. The molecule has 4 aliphatic rings. The molecule has 6 atom stereocenters. The third kappa shape index (κ3) is 4.45. The average Bonchev–Trinajstić information content (AvgIpc) is 2.86. The first-order chi connectivity index (χ1) is 17.9. The van der Waals surface area contributed by atoms with Gasteiger partial charge in [-0.15, -0.1) is 0 Å². The van der Waals surface area contributed by atoms with Gasteiger partial charge in [0.25, 0.3) is 0 Å². The number of nitrogens with two attached hydrogens (primary N) is 1. The number of nitriles is 1. The monoisotopic (exact) mass is 533 g/mol. The Morgan fingerprint density at radius 3 is 2.41 bits per heavy atom. The number of hydrogen-bond acceptors (Lipinski definition) is 4. The van der Waals surface area contributed by atoms with E-state index >= 15 is 0 Å². The highest BCUT2D eigenvalue weighted by Gasteiger charge is 2.67. The van der Waals surface area contributed by atoms with Crippen molar-refractivity contribution < 1.29 is 9.59 Å². The predicted molar refractivity (Wildman–Crippen MR) is 158 cm³/mol. The van der Waals surface area contributed by atoms with E-state index in [0.29, 0.717) is 12.4 Å². The molecule has 5 heteroatoms. The van der Waals surface area contributed by atoms with Gasteiger partial charge in [0.2, 0.25) is 0 Å². The number of allylic oxidation sites excluding steroid dienone is 4. The molecule has 0 aliphatic heterocycles. The van der Waals surface area contributed by atoms with Crippen LogP contribution in [0.4, 0.5) is 0 Å². The highest BCUT2D eigenvalue weighted by molar-refractivity contribution is 6.04. The molecule has 4 rings (SSSR count). The smallest absolute Gasteiger partial charge is 0.178 e. The van der Waals surface area contributed by atoms with E-state index in [-0.39, 0.29) is 50.6 Å². The fourth-order valence-electron chi connectivity index (χ4n) is 9.10. The van der Waals surface area contributed by atoms with Crippen LogP contribution < -0.4 is 5.73 Å². The number of fused-ring (bicyclic) bond motifs is 5. The van der Waals surface area contributed by atoms with E-state index in [4.69, 9.17) is 10.7 Å². The summed E-state index contributed by atoms with van der Waals surface area (Å²) in [5.74, 6) is 0.790. The Kier molecular flexibility index (Phi) is 7.19. The average molecular weight is 534 g/mol. The van der Waals surface area contributed by atoms with Crippen LogP contribution in [-0.4, -0.2) is 23.9 Å². The molecule has 214 valence electrons. The number of amidine groups is 1. The number of Topliss-reactive ketones (excluding diaryl/α,β-unsaturated/α-hetero) is 1. The second-order valence-electron chi connectivity index (χ2n) is 15.5. The first-order valence-electron chi connectivity index (χ1n) is 15.1. The van der Waals surface area contributed by atoms with Gasteiger partial charge in [0.15, 0.2) is 11.6 Å². The van der Waals surface area contributed by atoms with Crippen molar-refractivity contribution in [3.05, 3.63) is 23.3 Å². The van der Waals surface area contributed by atoms with Crippen molar-refractivity contribution in [1.82, 2.24) is 0 Å². The van der Waals surface area contributed by atoms with Gasteiger partial charge in [-0.2, -0.15) is 5.26 Å². The summed E-state index contributed by atoms with van der Waals surface area (Å²) < 4.78 is 0. The van der Waals surface area contributed by atoms with Gasteiger partial charge >= 0.3 is 0 Å². The number of carbonyl (C=O) groups excluding carboxylic acids is 2. The van der Waals surface area contributed by atoms with Crippen molar-refractivity contribution in [1.29, 1.82) is 5.26 Å². The summed E-state index contributed by atoms with van der Waals surface area (Å²) in [7, 11) is 0. The summed E-state index contributed by atoms with van der Waals surface area (Å²) in [5, 5.41) is 9.88. The van der Waals surface area contributed by atoms with Crippen LogP contribution in [0, 0.1) is 55.7 Å². The van der Waals surface area contributed by atoms with Crippen LogP contribution in [0.15, 0.2) is 28.3 Å². The molecule has 0 unspecified atom stereocenters. The fourth-order valence-corrected chi connectivity index (χ4v) is 9.10. The molecule has 2 N–H and O–H groups in total. The Morgan fingerprint density at radius 1 is 1.15 bits per heavy atom. The van der Waals surface area contributed by atoms with Crippen molar-refractivity contribution in [3.63, 3.8) is 0 Å². The zero-order valence-corrected chi connectivity index (χ0v) is 26.0. The quantitative estimate of drug-likeness (QED) is 0.285. The lowest BCUT2D eigenvalue weighted by atomic mass is 9.36. The number of hydrogen-bond donors (Lipinski definition) is 1. The van der Waals surface area contributed by atoms with Gasteiger partial charge in [0.05, 0.1) is 11.4 Å². The zero-order valence-electron chi connectivity index (χ0n) is 26.0. The maximum Gasteiger partial charge on any atom is 0.178 e. The van der Waals surface area contributed by atoms with Crippen molar-refractivity contribution in [2.75, 3.05) is 6.54 Å². The molecule has 0 spiro atoms. The largest absolute Gasteiger partial charge is 0.388 e. The summed E-state index contributed by atoms with van der Waals surface area (Å²) in [6, 6.07) is 2.19. The van der Waals surface area contributed by atoms with Crippen LogP contribution in [0.3, 0.4) is 0 Å². The molecule has 0 saturated heterocycles. The third-order valence-electron chi connectivity index (χ3n) is 12.5. The number of ketones is 2. The number of rotatable bonds is 6. The van der Waals surface area contributed by atoms with Crippen molar-refractivity contribution in [2.45, 2.75) is 114 Å². The van der Waals surface area contributed by atoms with Crippen LogP contribution in [0.1, 0.15) is 114 Å². The van der Waals surface area contributed by atoms with E-state index < -0.39 is 10.8 Å². The summed E-state index contributed by atoms with van der Waals surface area (Å²) in [4.78, 5) is 32.2. The SMILES string of the molecule is CCC(C)(C)CC[C@]1(CN=C(C)N)CC[C@]2(C)[C@@H](C1)C(=O)C=C1[C@@]3(C)C=C(C#N)C(=O)C(C)(C)[C@@H]3CC[C@]12C. The van der Waals surface area contributed by atoms with Gasteiger partial charge < -0.3 is 5.73 Å². The summed E-state index contributed by atoms with van der Waals surface area (Å²) in [5.41, 5.74) is 6.18. The molecule has 0 radical (unpaired) electrons. The first-order valence-corrected chi connectivity index (χ1v) is 15.1. The van der Waals surface area contributed by atoms with Crippen molar-refractivity contribution >= 4 is 17.4 Å². The highest BCUT2D eigenvalue weighted by atomic mass is 16.1.